The number of rotatable bonds is 6. The average Bonchev–Trinajstić information content (AvgIpc) is 2.99. The highest BCUT2D eigenvalue weighted by atomic mass is 79.9. The molecule has 1 aromatic carbocycles. The van der Waals surface area contributed by atoms with Crippen LogP contribution >= 0.6 is 38.9 Å². The summed E-state index contributed by atoms with van der Waals surface area (Å²) in [4.78, 5) is 16.1. The van der Waals surface area contributed by atoms with E-state index in [9.17, 15) is 4.79 Å². The molecular formula is C15H14BrClN2O3S. The number of aromatic nitrogens is 1. The molecule has 2 aromatic rings. The molecule has 122 valence electrons. The van der Waals surface area contributed by atoms with Crippen molar-refractivity contribution in [3.63, 3.8) is 0 Å². The van der Waals surface area contributed by atoms with Crippen molar-refractivity contribution in [1.82, 2.24) is 4.98 Å². The van der Waals surface area contributed by atoms with Gasteiger partial charge in [0.05, 0.1) is 30.3 Å². The first-order chi connectivity index (χ1) is 11.1. The van der Waals surface area contributed by atoms with Crippen LogP contribution in [0.5, 0.6) is 11.5 Å². The molecule has 0 radical (unpaired) electrons. The van der Waals surface area contributed by atoms with Crippen molar-refractivity contribution in [3.05, 3.63) is 39.3 Å². The maximum atomic E-state index is 11.9. The van der Waals surface area contributed by atoms with Gasteiger partial charge in [-0.05, 0) is 39.7 Å². The molecule has 8 heteroatoms. The molecule has 1 heterocycles. The third-order valence-electron chi connectivity index (χ3n) is 2.80. The Hall–Kier alpha value is -1.57. The number of anilines is 1. The van der Waals surface area contributed by atoms with Crippen LogP contribution in [0.3, 0.4) is 0 Å². The van der Waals surface area contributed by atoms with Crippen LogP contribution in [0.1, 0.15) is 11.3 Å². The fraction of sp³-hybridized carbons (Fsp3) is 0.200. The fourth-order valence-electron chi connectivity index (χ4n) is 1.78. The van der Waals surface area contributed by atoms with Crippen LogP contribution in [0.15, 0.2) is 28.1 Å². The summed E-state index contributed by atoms with van der Waals surface area (Å²) in [5.74, 6) is 1.23. The summed E-state index contributed by atoms with van der Waals surface area (Å²) in [6.07, 6.45) is 3.10. The molecule has 0 aliphatic rings. The maximum Gasteiger partial charge on any atom is 0.250 e. The van der Waals surface area contributed by atoms with Crippen LogP contribution in [0.4, 0.5) is 5.13 Å². The molecule has 0 spiro atoms. The van der Waals surface area contributed by atoms with Crippen molar-refractivity contribution in [2.24, 2.45) is 0 Å². The van der Waals surface area contributed by atoms with E-state index in [-0.39, 0.29) is 5.91 Å². The Bertz CT molecular complexity index is 734. The minimum atomic E-state index is -0.272. The first-order valence-corrected chi connectivity index (χ1v) is 8.69. The normalized spacial score (nSPS) is 10.8. The average molecular weight is 418 g/mol. The lowest BCUT2D eigenvalue weighted by Crippen LogP contribution is -2.07. The molecule has 0 unspecified atom stereocenters. The molecule has 0 saturated carbocycles. The molecule has 0 atom stereocenters. The summed E-state index contributed by atoms with van der Waals surface area (Å²) in [6, 6.07) is 3.61. The number of thiazole rings is 1. The molecule has 23 heavy (non-hydrogen) atoms. The summed E-state index contributed by atoms with van der Waals surface area (Å²) in [5.41, 5.74) is 1.53. The molecule has 0 bridgehead atoms. The van der Waals surface area contributed by atoms with E-state index in [4.69, 9.17) is 21.1 Å². The second-order valence-corrected chi connectivity index (χ2v) is 6.32. The van der Waals surface area contributed by atoms with Crippen LogP contribution in [-0.4, -0.2) is 25.1 Å². The third kappa shape index (κ3) is 4.70. The van der Waals surface area contributed by atoms with Crippen LogP contribution in [0.2, 0.25) is 0 Å². The number of hydrogen-bond acceptors (Lipinski definition) is 5. The van der Waals surface area contributed by atoms with Crippen molar-refractivity contribution in [1.29, 1.82) is 0 Å². The summed E-state index contributed by atoms with van der Waals surface area (Å²) in [5, 5.41) is 5.01. The summed E-state index contributed by atoms with van der Waals surface area (Å²) >= 11 is 10.4. The van der Waals surface area contributed by atoms with Gasteiger partial charge in [-0.15, -0.1) is 22.9 Å². The number of methoxy groups -OCH3 is 2. The van der Waals surface area contributed by atoms with E-state index in [2.05, 4.69) is 26.2 Å². The zero-order chi connectivity index (χ0) is 16.8. The molecule has 2 rings (SSSR count). The summed E-state index contributed by atoms with van der Waals surface area (Å²) in [7, 11) is 3.12. The number of hydrogen-bond donors (Lipinski definition) is 1. The van der Waals surface area contributed by atoms with E-state index in [1.54, 1.807) is 31.7 Å². The Balaban J connectivity index is 2.10. The number of nitrogens with one attached hydrogen (secondary N) is 1. The minimum Gasteiger partial charge on any atom is -0.493 e. The number of nitrogens with zero attached hydrogens (tertiary/aromatic N) is 1. The number of halogens is 2. The van der Waals surface area contributed by atoms with Crippen LogP contribution in [0.25, 0.3) is 6.08 Å². The molecule has 0 fully saturated rings. The molecule has 1 N–H and O–H groups in total. The minimum absolute atomic E-state index is 0.272. The van der Waals surface area contributed by atoms with E-state index in [1.807, 2.05) is 6.07 Å². The molecule has 0 aliphatic carbocycles. The van der Waals surface area contributed by atoms with Gasteiger partial charge in [-0.3, -0.25) is 10.1 Å². The summed E-state index contributed by atoms with van der Waals surface area (Å²) < 4.78 is 11.3. The van der Waals surface area contributed by atoms with Crippen molar-refractivity contribution in [2.45, 2.75) is 5.88 Å². The highest BCUT2D eigenvalue weighted by molar-refractivity contribution is 9.10. The van der Waals surface area contributed by atoms with Gasteiger partial charge in [0.1, 0.15) is 0 Å². The van der Waals surface area contributed by atoms with Crippen molar-refractivity contribution < 1.29 is 14.3 Å². The van der Waals surface area contributed by atoms with Gasteiger partial charge in [-0.25, -0.2) is 4.98 Å². The van der Waals surface area contributed by atoms with E-state index in [0.717, 1.165) is 15.7 Å². The highest BCUT2D eigenvalue weighted by Gasteiger charge is 2.09. The molecule has 1 aromatic heterocycles. The molecule has 5 nitrogen and oxygen atoms in total. The highest BCUT2D eigenvalue weighted by Crippen LogP contribution is 2.36. The van der Waals surface area contributed by atoms with Crippen LogP contribution < -0.4 is 14.8 Å². The Morgan fingerprint density at radius 2 is 2.22 bits per heavy atom. The number of amides is 1. The lowest BCUT2D eigenvalue weighted by Gasteiger charge is -2.10. The number of alkyl halides is 1. The molecule has 0 aliphatic heterocycles. The van der Waals surface area contributed by atoms with Crippen LogP contribution in [-0.2, 0) is 10.7 Å². The number of ether oxygens (including phenoxy) is 2. The van der Waals surface area contributed by atoms with E-state index >= 15 is 0 Å². The maximum absolute atomic E-state index is 11.9. The Morgan fingerprint density at radius 1 is 1.43 bits per heavy atom. The van der Waals surface area contributed by atoms with Crippen LogP contribution in [0, 0.1) is 0 Å². The predicted molar refractivity (Wildman–Crippen MR) is 96.6 cm³/mol. The zero-order valence-electron chi connectivity index (χ0n) is 12.4. The molecule has 0 saturated heterocycles. The van der Waals surface area contributed by atoms with E-state index in [0.29, 0.717) is 22.5 Å². The van der Waals surface area contributed by atoms with Gasteiger partial charge in [-0.2, -0.15) is 0 Å². The zero-order valence-corrected chi connectivity index (χ0v) is 15.6. The topological polar surface area (TPSA) is 60.5 Å². The Morgan fingerprint density at radius 3 is 2.83 bits per heavy atom. The van der Waals surface area contributed by atoms with E-state index < -0.39 is 0 Å². The second kappa shape index (κ2) is 8.33. The van der Waals surface area contributed by atoms with Gasteiger partial charge in [0.25, 0.3) is 0 Å². The monoisotopic (exact) mass is 416 g/mol. The largest absolute Gasteiger partial charge is 0.493 e. The van der Waals surface area contributed by atoms with E-state index in [1.165, 1.54) is 17.4 Å². The lowest BCUT2D eigenvalue weighted by molar-refractivity contribution is -0.111. The smallest absolute Gasteiger partial charge is 0.250 e. The van der Waals surface area contributed by atoms with Gasteiger partial charge in [-0.1, -0.05) is 0 Å². The second-order valence-electron chi connectivity index (χ2n) is 4.34. The Kier molecular flexibility index (Phi) is 6.44. The number of benzene rings is 1. The first kappa shape index (κ1) is 17.8. The van der Waals surface area contributed by atoms with Gasteiger partial charge in [0, 0.05) is 11.5 Å². The van der Waals surface area contributed by atoms with Crippen molar-refractivity contribution >= 4 is 56.0 Å². The SMILES string of the molecule is COc1cc(/C=C/C(=O)Nc2nc(CCl)cs2)cc(Br)c1OC. The first-order valence-electron chi connectivity index (χ1n) is 6.48. The van der Waals surface area contributed by atoms with Gasteiger partial charge < -0.3 is 9.47 Å². The molecule has 1 amide bonds. The molecular weight excluding hydrogens is 404 g/mol. The van der Waals surface area contributed by atoms with Gasteiger partial charge in [0.15, 0.2) is 16.6 Å². The van der Waals surface area contributed by atoms with Gasteiger partial charge >= 0.3 is 0 Å². The number of carbonyl (C=O) groups excluding carboxylic acids is 1. The standard InChI is InChI=1S/C15H14BrClN2O3S/c1-21-12-6-9(5-11(16)14(12)22-2)3-4-13(20)19-15-18-10(7-17)8-23-15/h3-6,8H,7H2,1-2H3,(H,18,19,20)/b4-3+. The van der Waals surface area contributed by atoms with Crippen molar-refractivity contribution in [3.8, 4) is 11.5 Å². The Labute approximate surface area is 151 Å². The number of carbonyl (C=O) groups is 1. The van der Waals surface area contributed by atoms with Crippen molar-refractivity contribution in [2.75, 3.05) is 19.5 Å². The quantitative estimate of drug-likeness (QED) is 0.562. The fourth-order valence-corrected chi connectivity index (χ4v) is 3.34. The van der Waals surface area contributed by atoms with Gasteiger partial charge in [0.2, 0.25) is 5.91 Å². The summed E-state index contributed by atoms with van der Waals surface area (Å²) in [6.45, 7) is 0. The lowest BCUT2D eigenvalue weighted by atomic mass is 10.2. The predicted octanol–water partition coefficient (Wildman–Crippen LogP) is 4.31. The third-order valence-corrected chi connectivity index (χ3v) is 4.47.